The molecule has 0 radical (unpaired) electrons. The van der Waals surface area contributed by atoms with Gasteiger partial charge in [-0.2, -0.15) is 5.10 Å². The lowest BCUT2D eigenvalue weighted by Crippen LogP contribution is -1.90. The zero-order chi connectivity index (χ0) is 14.7. The van der Waals surface area contributed by atoms with Crippen molar-refractivity contribution in [2.24, 2.45) is 5.10 Å². The number of nitro groups is 1. The van der Waals surface area contributed by atoms with Gasteiger partial charge >= 0.3 is 5.88 Å². The van der Waals surface area contributed by atoms with E-state index in [-0.39, 0.29) is 17.4 Å². The molecule has 0 aliphatic heterocycles. The van der Waals surface area contributed by atoms with Crippen LogP contribution in [0.1, 0.15) is 5.76 Å². The van der Waals surface area contributed by atoms with Crippen LogP contribution in [0.15, 0.2) is 42.7 Å². The van der Waals surface area contributed by atoms with Gasteiger partial charge in [0.1, 0.15) is 10.7 Å². The van der Waals surface area contributed by atoms with Crippen LogP contribution in [0.4, 0.5) is 11.6 Å². The molecule has 0 saturated carbocycles. The van der Waals surface area contributed by atoms with Crippen LogP contribution in [0.5, 0.6) is 5.75 Å². The van der Waals surface area contributed by atoms with Gasteiger partial charge in [-0.1, -0.05) is 0 Å². The molecule has 0 bridgehead atoms. The highest BCUT2D eigenvalue weighted by molar-refractivity contribution is 9.11. The Morgan fingerprint density at radius 3 is 2.55 bits per heavy atom. The maximum atomic E-state index is 10.4. The third-order valence-electron chi connectivity index (χ3n) is 2.19. The number of hydrogen-bond acceptors (Lipinski definition) is 6. The third kappa shape index (κ3) is 3.36. The van der Waals surface area contributed by atoms with Gasteiger partial charge in [0.05, 0.1) is 26.9 Å². The average Bonchev–Trinajstić information content (AvgIpc) is 2.85. The highest BCUT2D eigenvalue weighted by Gasteiger charge is 2.10. The highest BCUT2D eigenvalue weighted by Crippen LogP contribution is 2.35. The molecule has 2 aromatic rings. The standard InChI is InChI=1S/C11H7Br2N3O4/c12-8-3-6(4-9(13)11(8)17)15-14-5-7-1-2-10(20-7)16(18)19/h1-5,15,17H/b14-5-. The minimum absolute atomic E-state index is 0.0844. The molecule has 9 heteroatoms. The lowest BCUT2D eigenvalue weighted by Gasteiger charge is -2.04. The Balaban J connectivity index is 2.07. The minimum Gasteiger partial charge on any atom is -0.506 e. The zero-order valence-electron chi connectivity index (χ0n) is 9.71. The number of phenolic OH excluding ortho intramolecular Hbond substituents is 1. The number of benzene rings is 1. The Hall–Kier alpha value is -1.87. The summed E-state index contributed by atoms with van der Waals surface area (Å²) >= 11 is 6.38. The number of nitrogens with zero attached hydrogens (tertiary/aromatic N) is 2. The summed E-state index contributed by atoms with van der Waals surface area (Å²) in [5.74, 6) is -0.0103. The molecule has 0 amide bonds. The van der Waals surface area contributed by atoms with Crippen LogP contribution in [0, 0.1) is 10.1 Å². The zero-order valence-corrected chi connectivity index (χ0v) is 12.9. The van der Waals surface area contributed by atoms with Crippen molar-refractivity contribution in [1.29, 1.82) is 0 Å². The SMILES string of the molecule is O=[N+]([O-])c1ccc(/C=N\Nc2cc(Br)c(O)c(Br)c2)o1. The molecular weight excluding hydrogens is 398 g/mol. The monoisotopic (exact) mass is 403 g/mol. The molecule has 7 nitrogen and oxygen atoms in total. The second-order valence-corrected chi connectivity index (χ2v) is 5.30. The Labute approximate surface area is 129 Å². The number of nitrogens with one attached hydrogen (secondary N) is 1. The second kappa shape index (κ2) is 6.06. The summed E-state index contributed by atoms with van der Waals surface area (Å²) in [5.41, 5.74) is 3.32. The topological polar surface area (TPSA) is 101 Å². The molecule has 104 valence electrons. The minimum atomic E-state index is -0.626. The molecule has 20 heavy (non-hydrogen) atoms. The van der Waals surface area contributed by atoms with Crippen molar-refractivity contribution < 1.29 is 14.4 Å². The van der Waals surface area contributed by atoms with E-state index in [0.29, 0.717) is 14.6 Å². The van der Waals surface area contributed by atoms with Crippen molar-refractivity contribution in [3.8, 4) is 5.75 Å². The van der Waals surface area contributed by atoms with Gasteiger partial charge in [0.25, 0.3) is 0 Å². The van der Waals surface area contributed by atoms with Crippen LogP contribution in [0.2, 0.25) is 0 Å². The van der Waals surface area contributed by atoms with Crippen molar-refractivity contribution >= 4 is 49.6 Å². The van der Waals surface area contributed by atoms with E-state index >= 15 is 0 Å². The number of anilines is 1. The second-order valence-electron chi connectivity index (χ2n) is 3.59. The van der Waals surface area contributed by atoms with E-state index in [1.54, 1.807) is 12.1 Å². The number of hydrogen-bond donors (Lipinski definition) is 2. The van der Waals surface area contributed by atoms with Gasteiger partial charge in [-0.3, -0.25) is 15.5 Å². The largest absolute Gasteiger partial charge is 0.506 e. The van der Waals surface area contributed by atoms with Gasteiger partial charge in [0.2, 0.25) is 0 Å². The van der Waals surface area contributed by atoms with Crippen LogP contribution < -0.4 is 5.43 Å². The molecule has 0 saturated heterocycles. The lowest BCUT2D eigenvalue weighted by molar-refractivity contribution is -0.402. The molecule has 0 unspecified atom stereocenters. The summed E-state index contributed by atoms with van der Waals surface area (Å²) in [6.45, 7) is 0. The number of furan rings is 1. The molecule has 0 atom stereocenters. The number of aromatic hydroxyl groups is 1. The summed E-state index contributed by atoms with van der Waals surface area (Å²) < 4.78 is 5.90. The van der Waals surface area contributed by atoms with Crippen molar-refractivity contribution in [2.75, 3.05) is 5.43 Å². The fourth-order valence-electron chi connectivity index (χ4n) is 1.31. The van der Waals surface area contributed by atoms with Gasteiger partial charge in [0.15, 0.2) is 5.76 Å². The van der Waals surface area contributed by atoms with Crippen LogP contribution in [-0.4, -0.2) is 16.2 Å². The van der Waals surface area contributed by atoms with Gasteiger partial charge in [-0.05, 0) is 50.1 Å². The predicted molar refractivity (Wildman–Crippen MR) is 80.1 cm³/mol. The van der Waals surface area contributed by atoms with Crippen molar-refractivity contribution in [1.82, 2.24) is 0 Å². The number of rotatable bonds is 4. The fraction of sp³-hybridized carbons (Fsp3) is 0. The first kappa shape index (κ1) is 14.5. The Morgan fingerprint density at radius 1 is 1.35 bits per heavy atom. The first-order chi connectivity index (χ1) is 9.47. The van der Waals surface area contributed by atoms with Gasteiger partial charge in [-0.15, -0.1) is 0 Å². The Kier molecular flexibility index (Phi) is 4.40. The molecular formula is C11H7Br2N3O4. The van der Waals surface area contributed by atoms with Crippen molar-refractivity contribution in [2.45, 2.75) is 0 Å². The molecule has 0 aliphatic rings. The van der Waals surface area contributed by atoms with Gasteiger partial charge in [0, 0.05) is 0 Å². The van der Waals surface area contributed by atoms with E-state index in [2.05, 4.69) is 42.4 Å². The van der Waals surface area contributed by atoms with Gasteiger partial charge in [-0.25, -0.2) is 0 Å². The highest BCUT2D eigenvalue weighted by atomic mass is 79.9. The summed E-state index contributed by atoms with van der Waals surface area (Å²) in [6.07, 6.45) is 1.31. The average molecular weight is 405 g/mol. The lowest BCUT2D eigenvalue weighted by atomic mass is 10.3. The first-order valence-electron chi connectivity index (χ1n) is 5.18. The van der Waals surface area contributed by atoms with Crippen molar-refractivity contribution in [3.05, 3.63) is 49.1 Å². The summed E-state index contributed by atoms with van der Waals surface area (Å²) in [4.78, 5) is 9.81. The molecule has 0 spiro atoms. The number of hydrazone groups is 1. The maximum absolute atomic E-state index is 10.4. The predicted octanol–water partition coefficient (Wildman–Crippen LogP) is 3.86. The first-order valence-corrected chi connectivity index (χ1v) is 6.77. The third-order valence-corrected chi connectivity index (χ3v) is 3.40. The Bertz CT molecular complexity index is 661. The van der Waals surface area contributed by atoms with E-state index in [1.807, 2.05) is 0 Å². The van der Waals surface area contributed by atoms with Crippen LogP contribution in [0.3, 0.4) is 0 Å². The molecule has 2 N–H and O–H groups in total. The van der Waals surface area contributed by atoms with Crippen LogP contribution in [-0.2, 0) is 0 Å². The Morgan fingerprint density at radius 2 is 2.00 bits per heavy atom. The maximum Gasteiger partial charge on any atom is 0.433 e. The normalized spacial score (nSPS) is 10.9. The quantitative estimate of drug-likeness (QED) is 0.348. The van der Waals surface area contributed by atoms with E-state index < -0.39 is 4.92 Å². The van der Waals surface area contributed by atoms with Gasteiger partial charge < -0.3 is 9.52 Å². The fourth-order valence-corrected chi connectivity index (χ4v) is 2.50. The van der Waals surface area contributed by atoms with Crippen LogP contribution >= 0.6 is 31.9 Å². The molecule has 1 aromatic carbocycles. The number of halogens is 2. The summed E-state index contributed by atoms with van der Waals surface area (Å²) in [7, 11) is 0. The van der Waals surface area contributed by atoms with E-state index in [4.69, 9.17) is 4.42 Å². The molecule has 0 aliphatic carbocycles. The van der Waals surface area contributed by atoms with Crippen molar-refractivity contribution in [3.63, 3.8) is 0 Å². The summed E-state index contributed by atoms with van der Waals surface area (Å²) in [6, 6.07) is 5.94. The van der Waals surface area contributed by atoms with E-state index in [9.17, 15) is 15.2 Å². The van der Waals surface area contributed by atoms with E-state index in [1.165, 1.54) is 18.3 Å². The van der Waals surface area contributed by atoms with E-state index in [0.717, 1.165) is 0 Å². The number of phenols is 1. The summed E-state index contributed by atoms with van der Waals surface area (Å²) in [5, 5.41) is 23.9. The van der Waals surface area contributed by atoms with Crippen LogP contribution in [0.25, 0.3) is 0 Å². The molecule has 1 heterocycles. The smallest absolute Gasteiger partial charge is 0.433 e. The molecule has 1 aromatic heterocycles. The molecule has 2 rings (SSSR count). The molecule has 0 fully saturated rings.